The average molecular weight is 290 g/mol. The second-order valence-electron chi connectivity index (χ2n) is 4.91. The van der Waals surface area contributed by atoms with Crippen LogP contribution in [0.25, 0.3) is 21.9 Å². The number of benzene rings is 3. The molecule has 0 aliphatic rings. The van der Waals surface area contributed by atoms with Crippen LogP contribution in [0.2, 0.25) is 0 Å². The van der Waals surface area contributed by atoms with Crippen LogP contribution in [0.15, 0.2) is 42.5 Å². The van der Waals surface area contributed by atoms with E-state index in [-0.39, 0.29) is 10.8 Å². The SMILES string of the molecule is Cc1ccc(-c2ccc3c(F)c(F)c(F)cc3c2)c(F)c1. The van der Waals surface area contributed by atoms with Crippen molar-refractivity contribution in [3.63, 3.8) is 0 Å². The molecule has 0 radical (unpaired) electrons. The van der Waals surface area contributed by atoms with E-state index in [9.17, 15) is 17.6 Å². The van der Waals surface area contributed by atoms with Gasteiger partial charge in [-0.2, -0.15) is 0 Å². The number of aryl methyl sites for hydroxylation is 1. The van der Waals surface area contributed by atoms with Crippen LogP contribution in [0, 0.1) is 30.2 Å². The van der Waals surface area contributed by atoms with Crippen molar-refractivity contribution in [2.45, 2.75) is 6.92 Å². The molecule has 0 unspecified atom stereocenters. The molecule has 3 aromatic carbocycles. The van der Waals surface area contributed by atoms with Gasteiger partial charge in [0, 0.05) is 10.9 Å². The van der Waals surface area contributed by atoms with Crippen molar-refractivity contribution in [2.24, 2.45) is 0 Å². The molecule has 3 rings (SSSR count). The van der Waals surface area contributed by atoms with Gasteiger partial charge in [0.25, 0.3) is 0 Å². The molecule has 0 spiro atoms. The van der Waals surface area contributed by atoms with E-state index in [4.69, 9.17) is 0 Å². The molecule has 0 saturated carbocycles. The molecule has 106 valence electrons. The van der Waals surface area contributed by atoms with Crippen LogP contribution in [0.5, 0.6) is 0 Å². The fourth-order valence-corrected chi connectivity index (χ4v) is 2.33. The predicted molar refractivity (Wildman–Crippen MR) is 74.0 cm³/mol. The largest absolute Gasteiger partial charge is 0.206 e. The van der Waals surface area contributed by atoms with Crippen LogP contribution in [0.4, 0.5) is 17.6 Å². The molecule has 4 heteroatoms. The third-order valence-electron chi connectivity index (χ3n) is 3.41. The van der Waals surface area contributed by atoms with Crippen LogP contribution in [-0.4, -0.2) is 0 Å². The molecule has 0 aromatic heterocycles. The van der Waals surface area contributed by atoms with Gasteiger partial charge in [-0.3, -0.25) is 0 Å². The zero-order chi connectivity index (χ0) is 15.1. The second kappa shape index (κ2) is 4.88. The van der Waals surface area contributed by atoms with Gasteiger partial charge in [0.05, 0.1) is 0 Å². The van der Waals surface area contributed by atoms with Crippen LogP contribution in [0.1, 0.15) is 5.56 Å². The van der Waals surface area contributed by atoms with Gasteiger partial charge in [-0.25, -0.2) is 17.6 Å². The Labute approximate surface area is 118 Å². The molecule has 0 amide bonds. The Balaban J connectivity index is 2.24. The summed E-state index contributed by atoms with van der Waals surface area (Å²) in [7, 11) is 0. The van der Waals surface area contributed by atoms with Gasteiger partial charge in [-0.1, -0.05) is 24.3 Å². The van der Waals surface area contributed by atoms with Crippen LogP contribution in [-0.2, 0) is 0 Å². The standard InChI is InChI=1S/C17H10F4/c1-9-2-4-12(14(18)6-9)10-3-5-13-11(7-10)8-15(19)17(21)16(13)20/h2-8H,1H3. The van der Waals surface area contributed by atoms with Crippen molar-refractivity contribution >= 4 is 10.8 Å². The lowest BCUT2D eigenvalue weighted by Crippen LogP contribution is -1.93. The van der Waals surface area contributed by atoms with Crippen LogP contribution in [0.3, 0.4) is 0 Å². The van der Waals surface area contributed by atoms with Gasteiger partial charge >= 0.3 is 0 Å². The van der Waals surface area contributed by atoms with Gasteiger partial charge in [0.1, 0.15) is 5.82 Å². The Kier molecular flexibility index (Phi) is 3.16. The maximum atomic E-state index is 14.0. The van der Waals surface area contributed by atoms with E-state index in [0.29, 0.717) is 11.1 Å². The Hall–Kier alpha value is -2.36. The maximum absolute atomic E-state index is 14.0. The van der Waals surface area contributed by atoms with Crippen molar-refractivity contribution < 1.29 is 17.6 Å². The second-order valence-corrected chi connectivity index (χ2v) is 4.91. The van der Waals surface area contributed by atoms with E-state index in [1.54, 1.807) is 19.1 Å². The molecule has 0 nitrogen and oxygen atoms in total. The summed E-state index contributed by atoms with van der Waals surface area (Å²) in [5.74, 6) is -4.42. The van der Waals surface area contributed by atoms with Crippen molar-refractivity contribution in [1.82, 2.24) is 0 Å². The van der Waals surface area contributed by atoms with Crippen LogP contribution < -0.4 is 0 Å². The highest BCUT2D eigenvalue weighted by Crippen LogP contribution is 2.30. The van der Waals surface area contributed by atoms with Gasteiger partial charge < -0.3 is 0 Å². The molecule has 21 heavy (non-hydrogen) atoms. The molecular weight excluding hydrogens is 280 g/mol. The third kappa shape index (κ3) is 2.27. The molecule has 0 N–H and O–H groups in total. The number of hydrogen-bond acceptors (Lipinski definition) is 0. The van der Waals surface area contributed by atoms with E-state index in [2.05, 4.69) is 0 Å². The average Bonchev–Trinajstić information content (AvgIpc) is 2.44. The first-order valence-corrected chi connectivity index (χ1v) is 6.31. The summed E-state index contributed by atoms with van der Waals surface area (Å²) < 4.78 is 54.1. The minimum absolute atomic E-state index is 0.0369. The highest BCUT2D eigenvalue weighted by molar-refractivity contribution is 5.88. The molecule has 0 fully saturated rings. The van der Waals surface area contributed by atoms with Gasteiger partial charge in [-0.15, -0.1) is 0 Å². The Morgan fingerprint density at radius 3 is 2.19 bits per heavy atom. The lowest BCUT2D eigenvalue weighted by atomic mass is 9.99. The zero-order valence-electron chi connectivity index (χ0n) is 11.1. The smallest absolute Gasteiger partial charge is 0.195 e. The van der Waals surface area contributed by atoms with Crippen molar-refractivity contribution in [1.29, 1.82) is 0 Å². The quantitative estimate of drug-likeness (QED) is 0.417. The molecule has 0 heterocycles. The maximum Gasteiger partial charge on any atom is 0.195 e. The van der Waals surface area contributed by atoms with Crippen molar-refractivity contribution in [2.75, 3.05) is 0 Å². The Bertz CT molecular complexity index is 853. The lowest BCUT2D eigenvalue weighted by Gasteiger charge is -2.08. The van der Waals surface area contributed by atoms with E-state index in [1.165, 1.54) is 24.3 Å². The monoisotopic (exact) mass is 290 g/mol. The predicted octanol–water partition coefficient (Wildman–Crippen LogP) is 5.37. The van der Waals surface area contributed by atoms with Crippen molar-refractivity contribution in [3.05, 3.63) is 71.3 Å². The highest BCUT2D eigenvalue weighted by atomic mass is 19.2. The summed E-state index contributed by atoms with van der Waals surface area (Å²) in [5.41, 5.74) is 1.58. The first kappa shape index (κ1) is 13.6. The highest BCUT2D eigenvalue weighted by Gasteiger charge is 2.14. The summed E-state index contributed by atoms with van der Waals surface area (Å²) >= 11 is 0. The van der Waals surface area contributed by atoms with E-state index >= 15 is 0 Å². The van der Waals surface area contributed by atoms with Gasteiger partial charge in [0.15, 0.2) is 17.5 Å². The van der Waals surface area contributed by atoms with E-state index < -0.39 is 23.3 Å². The van der Waals surface area contributed by atoms with Crippen molar-refractivity contribution in [3.8, 4) is 11.1 Å². The molecule has 0 bridgehead atoms. The van der Waals surface area contributed by atoms with Crippen LogP contribution >= 0.6 is 0 Å². The minimum atomic E-state index is -1.50. The van der Waals surface area contributed by atoms with E-state index in [1.807, 2.05) is 0 Å². The summed E-state index contributed by atoms with van der Waals surface area (Å²) in [6.45, 7) is 1.76. The molecule has 0 saturated heterocycles. The normalized spacial score (nSPS) is 11.1. The van der Waals surface area contributed by atoms with Gasteiger partial charge in [0.2, 0.25) is 0 Å². The lowest BCUT2D eigenvalue weighted by molar-refractivity contribution is 0.453. The first-order valence-electron chi connectivity index (χ1n) is 6.31. The topological polar surface area (TPSA) is 0 Å². The Morgan fingerprint density at radius 2 is 1.48 bits per heavy atom. The fraction of sp³-hybridized carbons (Fsp3) is 0.0588. The number of fused-ring (bicyclic) bond motifs is 1. The summed E-state index contributed by atoms with van der Waals surface area (Å²) in [5, 5.41) is 0.147. The van der Waals surface area contributed by atoms with E-state index in [0.717, 1.165) is 11.6 Å². The zero-order valence-corrected chi connectivity index (χ0v) is 11.1. The Morgan fingerprint density at radius 1 is 0.714 bits per heavy atom. The molecule has 0 aliphatic carbocycles. The molecule has 0 atom stereocenters. The van der Waals surface area contributed by atoms with Gasteiger partial charge in [-0.05, 0) is 41.6 Å². The summed E-state index contributed by atoms with van der Waals surface area (Å²) in [6.07, 6.45) is 0. The summed E-state index contributed by atoms with van der Waals surface area (Å²) in [6, 6.07) is 9.87. The molecule has 0 aliphatic heterocycles. The summed E-state index contributed by atoms with van der Waals surface area (Å²) in [4.78, 5) is 0. The molecular formula is C17H10F4. The number of rotatable bonds is 1. The number of halogens is 4. The minimum Gasteiger partial charge on any atom is -0.206 e. The first-order chi connectivity index (χ1) is 9.97. The molecule has 3 aromatic rings. The number of hydrogen-bond donors (Lipinski definition) is 0. The fourth-order valence-electron chi connectivity index (χ4n) is 2.33. The third-order valence-corrected chi connectivity index (χ3v) is 3.41.